The highest BCUT2D eigenvalue weighted by atomic mass is 32.2. The van der Waals surface area contributed by atoms with Crippen molar-refractivity contribution in [3.8, 4) is 5.75 Å². The van der Waals surface area contributed by atoms with Gasteiger partial charge in [-0.05, 0) is 18.1 Å². The highest BCUT2D eigenvalue weighted by Gasteiger charge is 2.12. The molecule has 0 fully saturated rings. The minimum atomic E-state index is -3.06. The number of nitro benzene ring substituents is 1. The van der Waals surface area contributed by atoms with E-state index in [9.17, 15) is 18.5 Å². The molecule has 0 atom stereocenters. The molecule has 0 saturated carbocycles. The standard InChI is InChI=1S/C10H13NO5S/c1-16-10-7-9(11(12)13)4-3-8(10)5-6-17(2,14)15/h3-4,7H,5-6H2,1-2H3. The van der Waals surface area contributed by atoms with Gasteiger partial charge in [-0.2, -0.15) is 0 Å². The molecule has 0 unspecified atom stereocenters. The lowest BCUT2D eigenvalue weighted by Gasteiger charge is -2.07. The Labute approximate surface area is 99.3 Å². The van der Waals surface area contributed by atoms with Gasteiger partial charge in [0, 0.05) is 12.3 Å². The molecule has 0 saturated heterocycles. The Hall–Kier alpha value is -1.63. The van der Waals surface area contributed by atoms with Gasteiger partial charge in [0.2, 0.25) is 0 Å². The predicted octanol–water partition coefficient (Wildman–Crippen LogP) is 1.19. The summed E-state index contributed by atoms with van der Waals surface area (Å²) in [5.41, 5.74) is 0.563. The SMILES string of the molecule is COc1cc([N+](=O)[O-])ccc1CCS(C)(=O)=O. The molecular formula is C10H13NO5S. The predicted molar refractivity (Wildman–Crippen MR) is 63.1 cm³/mol. The first kappa shape index (κ1) is 13.4. The fourth-order valence-corrected chi connectivity index (χ4v) is 1.94. The molecule has 6 nitrogen and oxygen atoms in total. The summed E-state index contributed by atoms with van der Waals surface area (Å²) >= 11 is 0. The first-order chi connectivity index (χ1) is 7.83. The van der Waals surface area contributed by atoms with Gasteiger partial charge in [0.05, 0.1) is 23.9 Å². The Morgan fingerprint density at radius 3 is 2.53 bits per heavy atom. The fourth-order valence-electron chi connectivity index (χ4n) is 1.35. The Morgan fingerprint density at radius 1 is 1.41 bits per heavy atom. The van der Waals surface area contributed by atoms with Crippen LogP contribution in [0.1, 0.15) is 5.56 Å². The average Bonchev–Trinajstić information content (AvgIpc) is 2.24. The van der Waals surface area contributed by atoms with Crippen LogP contribution in [0.5, 0.6) is 5.75 Å². The maximum absolute atomic E-state index is 11.0. The fraction of sp³-hybridized carbons (Fsp3) is 0.400. The van der Waals surface area contributed by atoms with Crippen LogP contribution in [0.2, 0.25) is 0 Å². The molecule has 0 aliphatic rings. The number of nitrogens with zero attached hydrogens (tertiary/aromatic N) is 1. The number of hydrogen-bond acceptors (Lipinski definition) is 5. The van der Waals surface area contributed by atoms with E-state index >= 15 is 0 Å². The summed E-state index contributed by atoms with van der Waals surface area (Å²) in [5.74, 6) is 0.323. The molecule has 0 heterocycles. The maximum Gasteiger partial charge on any atom is 0.273 e. The number of benzene rings is 1. The smallest absolute Gasteiger partial charge is 0.273 e. The Bertz CT molecular complexity index is 523. The van der Waals surface area contributed by atoms with Crippen LogP contribution in [-0.2, 0) is 16.3 Å². The molecule has 0 radical (unpaired) electrons. The summed E-state index contributed by atoms with van der Waals surface area (Å²) in [6, 6.07) is 4.14. The molecule has 0 aromatic heterocycles. The summed E-state index contributed by atoms with van der Waals surface area (Å²) in [6.45, 7) is 0. The van der Waals surface area contributed by atoms with Crippen LogP contribution >= 0.6 is 0 Å². The number of non-ortho nitro benzene ring substituents is 1. The zero-order valence-electron chi connectivity index (χ0n) is 9.54. The largest absolute Gasteiger partial charge is 0.496 e. The lowest BCUT2D eigenvalue weighted by molar-refractivity contribution is -0.384. The van der Waals surface area contributed by atoms with Gasteiger partial charge in [-0.15, -0.1) is 0 Å². The number of aryl methyl sites for hydroxylation is 1. The molecule has 7 heteroatoms. The van der Waals surface area contributed by atoms with E-state index in [1.54, 1.807) is 0 Å². The molecule has 17 heavy (non-hydrogen) atoms. The van der Waals surface area contributed by atoms with Crippen molar-refractivity contribution in [2.75, 3.05) is 19.1 Å². The van der Waals surface area contributed by atoms with Crippen molar-refractivity contribution >= 4 is 15.5 Å². The summed E-state index contributed by atoms with van der Waals surface area (Å²) in [6.07, 6.45) is 1.42. The molecule has 1 aromatic carbocycles. The van der Waals surface area contributed by atoms with Crippen LogP contribution < -0.4 is 4.74 Å². The monoisotopic (exact) mass is 259 g/mol. The first-order valence-electron chi connectivity index (χ1n) is 4.82. The zero-order valence-corrected chi connectivity index (χ0v) is 10.4. The molecule has 1 rings (SSSR count). The van der Waals surface area contributed by atoms with Gasteiger partial charge in [-0.3, -0.25) is 10.1 Å². The quantitative estimate of drug-likeness (QED) is 0.585. The number of sulfone groups is 1. The van der Waals surface area contributed by atoms with Gasteiger partial charge in [0.15, 0.2) is 0 Å². The zero-order chi connectivity index (χ0) is 13.1. The topological polar surface area (TPSA) is 86.5 Å². The van der Waals surface area contributed by atoms with E-state index < -0.39 is 14.8 Å². The number of hydrogen-bond donors (Lipinski definition) is 0. The van der Waals surface area contributed by atoms with Gasteiger partial charge >= 0.3 is 0 Å². The van der Waals surface area contributed by atoms with Crippen molar-refractivity contribution in [1.82, 2.24) is 0 Å². The van der Waals surface area contributed by atoms with Crippen LogP contribution in [-0.4, -0.2) is 32.5 Å². The number of nitro groups is 1. The van der Waals surface area contributed by atoms with Gasteiger partial charge < -0.3 is 4.74 Å². The van der Waals surface area contributed by atoms with Crippen molar-refractivity contribution in [3.05, 3.63) is 33.9 Å². The van der Waals surface area contributed by atoms with Gasteiger partial charge in [0.1, 0.15) is 15.6 Å². The third-order valence-corrected chi connectivity index (χ3v) is 3.17. The Morgan fingerprint density at radius 2 is 2.06 bits per heavy atom. The van der Waals surface area contributed by atoms with Crippen LogP contribution in [0.15, 0.2) is 18.2 Å². The van der Waals surface area contributed by atoms with E-state index in [-0.39, 0.29) is 17.9 Å². The molecule has 0 bridgehead atoms. The highest BCUT2D eigenvalue weighted by Crippen LogP contribution is 2.25. The number of methoxy groups -OCH3 is 1. The summed E-state index contributed by atoms with van der Waals surface area (Å²) in [7, 11) is -1.67. The highest BCUT2D eigenvalue weighted by molar-refractivity contribution is 7.90. The Balaban J connectivity index is 2.97. The van der Waals surface area contributed by atoms with E-state index in [1.165, 1.54) is 25.3 Å². The van der Waals surface area contributed by atoms with Gasteiger partial charge in [-0.25, -0.2) is 8.42 Å². The van der Waals surface area contributed by atoms with E-state index in [0.717, 1.165) is 6.26 Å². The van der Waals surface area contributed by atoms with Gasteiger partial charge in [0.25, 0.3) is 5.69 Å². The molecule has 0 N–H and O–H groups in total. The normalized spacial score (nSPS) is 11.2. The van der Waals surface area contributed by atoms with Gasteiger partial charge in [-0.1, -0.05) is 0 Å². The molecule has 94 valence electrons. The molecule has 0 aliphatic carbocycles. The van der Waals surface area contributed by atoms with E-state index in [0.29, 0.717) is 11.3 Å². The summed E-state index contributed by atoms with van der Waals surface area (Å²) in [5, 5.41) is 10.6. The Kier molecular flexibility index (Phi) is 4.06. The molecule has 0 spiro atoms. The number of rotatable bonds is 5. The molecule has 1 aromatic rings. The van der Waals surface area contributed by atoms with E-state index in [2.05, 4.69) is 0 Å². The lowest BCUT2D eigenvalue weighted by Crippen LogP contribution is -2.07. The number of ether oxygens (including phenoxy) is 1. The summed E-state index contributed by atoms with van der Waals surface area (Å²) in [4.78, 5) is 10.0. The van der Waals surface area contributed by atoms with Crippen LogP contribution in [0.3, 0.4) is 0 Å². The van der Waals surface area contributed by atoms with Crippen molar-refractivity contribution in [2.24, 2.45) is 0 Å². The van der Waals surface area contributed by atoms with Crippen LogP contribution in [0.4, 0.5) is 5.69 Å². The van der Waals surface area contributed by atoms with Crippen molar-refractivity contribution in [1.29, 1.82) is 0 Å². The third kappa shape index (κ3) is 4.03. The molecule has 0 amide bonds. The third-order valence-electron chi connectivity index (χ3n) is 2.22. The minimum Gasteiger partial charge on any atom is -0.496 e. The van der Waals surface area contributed by atoms with E-state index in [1.807, 2.05) is 0 Å². The second-order valence-electron chi connectivity index (χ2n) is 3.63. The summed E-state index contributed by atoms with van der Waals surface area (Å²) < 4.78 is 27.1. The van der Waals surface area contributed by atoms with Crippen LogP contribution in [0, 0.1) is 10.1 Å². The molecular weight excluding hydrogens is 246 g/mol. The van der Waals surface area contributed by atoms with Crippen molar-refractivity contribution in [2.45, 2.75) is 6.42 Å². The second kappa shape index (κ2) is 5.13. The van der Waals surface area contributed by atoms with Crippen molar-refractivity contribution in [3.63, 3.8) is 0 Å². The van der Waals surface area contributed by atoms with Crippen LogP contribution in [0.25, 0.3) is 0 Å². The van der Waals surface area contributed by atoms with Crippen molar-refractivity contribution < 1.29 is 18.1 Å². The van der Waals surface area contributed by atoms with E-state index in [4.69, 9.17) is 4.74 Å². The second-order valence-corrected chi connectivity index (χ2v) is 5.89. The molecule has 0 aliphatic heterocycles. The maximum atomic E-state index is 11.0. The average molecular weight is 259 g/mol. The minimum absolute atomic E-state index is 0.0127. The first-order valence-corrected chi connectivity index (χ1v) is 6.88. The lowest BCUT2D eigenvalue weighted by atomic mass is 10.1.